The molecule has 1 saturated heterocycles. The molecular formula is C22H32N4O5S. The molecule has 0 spiro atoms. The lowest BCUT2D eigenvalue weighted by molar-refractivity contribution is -0.130. The molecule has 2 saturated carbocycles. The third-order valence-electron chi connectivity index (χ3n) is 6.47. The number of allylic oxidation sites excluding steroid dienone is 2. The molecule has 1 aliphatic heterocycles. The lowest BCUT2D eigenvalue weighted by atomic mass is 10.1. The van der Waals surface area contributed by atoms with Gasteiger partial charge in [0.15, 0.2) is 0 Å². The third-order valence-corrected chi connectivity index (χ3v) is 8.63. The maximum atomic E-state index is 12.9. The van der Waals surface area contributed by atoms with Crippen molar-refractivity contribution in [1.29, 1.82) is 0 Å². The molecule has 9 nitrogen and oxygen atoms in total. The Balaban J connectivity index is 1.62. The number of nitrogens with zero attached hydrogens (tertiary/aromatic N) is 1. The number of carbonyl (C=O) groups is 2. The summed E-state index contributed by atoms with van der Waals surface area (Å²) in [7, 11) is -2.17. The van der Waals surface area contributed by atoms with Crippen LogP contribution in [-0.4, -0.2) is 62.2 Å². The van der Waals surface area contributed by atoms with Gasteiger partial charge in [0.25, 0.3) is 5.91 Å². The fraction of sp³-hybridized carbons (Fsp3) is 0.591. The van der Waals surface area contributed by atoms with Crippen LogP contribution in [0.2, 0.25) is 0 Å². The average Bonchev–Trinajstić information content (AvgIpc) is 3.61. The van der Waals surface area contributed by atoms with Gasteiger partial charge in [0, 0.05) is 31.5 Å². The molecule has 3 aliphatic rings. The molecule has 0 bridgehead atoms. The number of carbonyl (C=O) groups excluding carboxylic acids is 2. The third kappa shape index (κ3) is 4.66. The van der Waals surface area contributed by atoms with Gasteiger partial charge in [-0.3, -0.25) is 19.3 Å². The van der Waals surface area contributed by atoms with Gasteiger partial charge < -0.3 is 15.4 Å². The summed E-state index contributed by atoms with van der Waals surface area (Å²) in [5.74, 6) is -0.937. The van der Waals surface area contributed by atoms with Crippen molar-refractivity contribution in [3.8, 4) is 0 Å². The van der Waals surface area contributed by atoms with E-state index in [1.54, 1.807) is 32.2 Å². The zero-order valence-electron chi connectivity index (χ0n) is 18.8. The molecule has 0 aromatic carbocycles. The van der Waals surface area contributed by atoms with E-state index in [4.69, 9.17) is 4.74 Å². The first kappa shape index (κ1) is 24.2. The number of nitrogens with one attached hydrogen (secondary N) is 3. The van der Waals surface area contributed by atoms with Crippen LogP contribution in [0.25, 0.3) is 0 Å². The first-order chi connectivity index (χ1) is 15.0. The largest absolute Gasteiger partial charge is 0.473 e. The Bertz CT molecular complexity index is 982. The Kier molecular flexibility index (Phi) is 6.67. The molecule has 4 atom stereocenters. The lowest BCUT2D eigenvalue weighted by Crippen LogP contribution is -2.56. The SMILES string of the molecule is C=C/C=C(\C)C(=NC)O[C@H]1CN[C@H](C(=O)N[C@]2(C(=O)NS(=O)(=O)C3(C)CC3)C[C@H]2C=C)C1. The van der Waals surface area contributed by atoms with Crippen LogP contribution < -0.4 is 15.4 Å². The fourth-order valence-electron chi connectivity index (χ4n) is 3.84. The summed E-state index contributed by atoms with van der Waals surface area (Å²) >= 11 is 0. The minimum absolute atomic E-state index is 0.271. The molecule has 2 aliphatic carbocycles. The quantitative estimate of drug-likeness (QED) is 0.202. The average molecular weight is 465 g/mol. The van der Waals surface area contributed by atoms with Crippen LogP contribution in [0.4, 0.5) is 0 Å². The summed E-state index contributed by atoms with van der Waals surface area (Å²) in [5, 5.41) is 5.88. The van der Waals surface area contributed by atoms with E-state index in [-0.39, 0.29) is 17.9 Å². The molecule has 1 heterocycles. The molecule has 0 aromatic rings. The standard InChI is InChI=1S/C22H32N4O5S/c1-6-8-14(3)19(23-5)31-16-11-17(24-13-16)18(27)25-22(12-15(22)7-2)20(28)26-32(29,30)21(4)9-10-21/h6-8,15-17,24H,1-2,9-13H2,3-5H3,(H,25,27)(H,26,28)/b14-8+,23-19?/t15-,16-,17+,22-/m1/s1. The number of aliphatic imine (C=N–C) groups is 1. The van der Waals surface area contributed by atoms with Crippen molar-refractivity contribution >= 4 is 27.7 Å². The highest BCUT2D eigenvalue weighted by molar-refractivity contribution is 7.91. The highest BCUT2D eigenvalue weighted by atomic mass is 32.2. The summed E-state index contributed by atoms with van der Waals surface area (Å²) in [6.07, 6.45) is 6.45. The molecule has 0 unspecified atom stereocenters. The highest BCUT2D eigenvalue weighted by Gasteiger charge is 2.62. The van der Waals surface area contributed by atoms with Gasteiger partial charge in [0.1, 0.15) is 11.6 Å². The van der Waals surface area contributed by atoms with E-state index < -0.39 is 32.3 Å². The van der Waals surface area contributed by atoms with Crippen molar-refractivity contribution in [3.63, 3.8) is 0 Å². The van der Waals surface area contributed by atoms with Crippen LogP contribution in [0, 0.1) is 5.92 Å². The van der Waals surface area contributed by atoms with Crippen LogP contribution in [0.15, 0.2) is 42.0 Å². The fourth-order valence-corrected chi connectivity index (χ4v) is 5.15. The Hall–Kier alpha value is -2.46. The zero-order valence-corrected chi connectivity index (χ0v) is 19.6. The van der Waals surface area contributed by atoms with Crippen molar-refractivity contribution in [2.75, 3.05) is 13.6 Å². The van der Waals surface area contributed by atoms with Crippen LogP contribution in [-0.2, 0) is 24.3 Å². The number of sulfonamides is 1. The van der Waals surface area contributed by atoms with Gasteiger partial charge in [-0.25, -0.2) is 8.42 Å². The monoisotopic (exact) mass is 464 g/mol. The second kappa shape index (κ2) is 8.82. The molecule has 0 aromatic heterocycles. The number of hydrogen-bond acceptors (Lipinski definition) is 7. The van der Waals surface area contributed by atoms with E-state index in [9.17, 15) is 18.0 Å². The molecule has 3 N–H and O–H groups in total. The minimum atomic E-state index is -3.80. The first-order valence-electron chi connectivity index (χ1n) is 10.7. The molecule has 10 heteroatoms. The van der Waals surface area contributed by atoms with E-state index in [2.05, 4.69) is 33.5 Å². The van der Waals surface area contributed by atoms with Crippen molar-refractivity contribution in [2.24, 2.45) is 10.9 Å². The van der Waals surface area contributed by atoms with E-state index in [1.165, 1.54) is 0 Å². The Morgan fingerprint density at radius 3 is 2.50 bits per heavy atom. The molecule has 176 valence electrons. The van der Waals surface area contributed by atoms with E-state index in [1.807, 2.05) is 6.92 Å². The molecule has 2 amide bonds. The predicted octanol–water partition coefficient (Wildman–Crippen LogP) is 0.954. The number of hydrogen-bond donors (Lipinski definition) is 3. The van der Waals surface area contributed by atoms with Gasteiger partial charge >= 0.3 is 0 Å². The lowest BCUT2D eigenvalue weighted by Gasteiger charge is -2.22. The topological polar surface area (TPSA) is 126 Å². The maximum absolute atomic E-state index is 12.9. The predicted molar refractivity (Wildman–Crippen MR) is 122 cm³/mol. The summed E-state index contributed by atoms with van der Waals surface area (Å²) in [4.78, 5) is 30.0. The summed E-state index contributed by atoms with van der Waals surface area (Å²) in [6.45, 7) is 11.3. The molecule has 3 rings (SSSR count). The summed E-state index contributed by atoms with van der Waals surface area (Å²) in [6, 6.07) is -0.574. The van der Waals surface area contributed by atoms with E-state index in [0.717, 1.165) is 5.57 Å². The second-order valence-corrected chi connectivity index (χ2v) is 11.1. The second-order valence-electron chi connectivity index (χ2n) is 8.94. The normalized spacial score (nSPS) is 31.4. The van der Waals surface area contributed by atoms with Crippen LogP contribution >= 0.6 is 0 Å². The smallest absolute Gasteiger partial charge is 0.259 e. The van der Waals surface area contributed by atoms with Crippen molar-refractivity contribution in [2.45, 2.75) is 62.0 Å². The van der Waals surface area contributed by atoms with E-state index in [0.29, 0.717) is 38.1 Å². The molecule has 3 fully saturated rings. The van der Waals surface area contributed by atoms with Gasteiger partial charge in [-0.1, -0.05) is 24.8 Å². The first-order valence-corrected chi connectivity index (χ1v) is 12.2. The van der Waals surface area contributed by atoms with Crippen molar-refractivity contribution < 1.29 is 22.7 Å². The van der Waals surface area contributed by atoms with Gasteiger partial charge in [0.05, 0.1) is 10.8 Å². The Morgan fingerprint density at radius 2 is 1.97 bits per heavy atom. The number of amides is 2. The molecular weight excluding hydrogens is 432 g/mol. The summed E-state index contributed by atoms with van der Waals surface area (Å²) in [5.41, 5.74) is -0.472. The van der Waals surface area contributed by atoms with Gasteiger partial charge in [-0.2, -0.15) is 0 Å². The number of rotatable bonds is 9. The highest BCUT2D eigenvalue weighted by Crippen LogP contribution is 2.46. The maximum Gasteiger partial charge on any atom is 0.259 e. The van der Waals surface area contributed by atoms with Crippen LogP contribution in [0.3, 0.4) is 0 Å². The van der Waals surface area contributed by atoms with Crippen molar-refractivity contribution in [1.82, 2.24) is 15.4 Å². The zero-order chi connectivity index (χ0) is 23.7. The Labute approximate surface area is 189 Å². The minimum Gasteiger partial charge on any atom is -0.473 e. The van der Waals surface area contributed by atoms with Crippen LogP contribution in [0.1, 0.15) is 39.5 Å². The van der Waals surface area contributed by atoms with Crippen LogP contribution in [0.5, 0.6) is 0 Å². The van der Waals surface area contributed by atoms with Gasteiger partial charge in [0.2, 0.25) is 21.8 Å². The Morgan fingerprint density at radius 1 is 1.28 bits per heavy atom. The van der Waals surface area contributed by atoms with Gasteiger partial charge in [-0.05, 0) is 33.1 Å². The van der Waals surface area contributed by atoms with Gasteiger partial charge in [-0.15, -0.1) is 6.58 Å². The van der Waals surface area contributed by atoms with E-state index >= 15 is 0 Å². The summed E-state index contributed by atoms with van der Waals surface area (Å²) < 4.78 is 32.2. The molecule has 32 heavy (non-hydrogen) atoms. The van der Waals surface area contributed by atoms with Crippen molar-refractivity contribution in [3.05, 3.63) is 37.0 Å². The number of ether oxygens (including phenoxy) is 1. The molecule has 0 radical (unpaired) electrons.